The van der Waals surface area contributed by atoms with Crippen molar-refractivity contribution in [3.63, 3.8) is 0 Å². The molecule has 2 rings (SSSR count). The molecule has 1 N–H and O–H groups in total. The fourth-order valence-corrected chi connectivity index (χ4v) is 2.64. The molecule has 1 nitrogen and oxygen atoms in total. The zero-order valence-electron chi connectivity index (χ0n) is 12.9. The van der Waals surface area contributed by atoms with Gasteiger partial charge in [0.1, 0.15) is 5.75 Å². The van der Waals surface area contributed by atoms with Crippen LogP contribution in [0.3, 0.4) is 0 Å². The zero-order valence-corrected chi connectivity index (χ0v) is 12.9. The summed E-state index contributed by atoms with van der Waals surface area (Å²) in [6, 6.07) is 16.2. The van der Waals surface area contributed by atoms with Crippen molar-refractivity contribution >= 4 is 0 Å². The second kappa shape index (κ2) is 5.70. The van der Waals surface area contributed by atoms with Crippen LogP contribution in [-0.4, -0.2) is 5.11 Å². The number of hydrogen-bond donors (Lipinski definition) is 1. The Balaban J connectivity index is 2.33. The van der Waals surface area contributed by atoms with Gasteiger partial charge < -0.3 is 5.11 Å². The van der Waals surface area contributed by atoms with Crippen LogP contribution in [0.2, 0.25) is 0 Å². The predicted molar refractivity (Wildman–Crippen MR) is 86.0 cm³/mol. The maximum Gasteiger partial charge on any atom is 0.115 e. The van der Waals surface area contributed by atoms with Gasteiger partial charge in [-0.05, 0) is 46.6 Å². The number of phenols is 1. The Morgan fingerprint density at radius 3 is 1.75 bits per heavy atom. The monoisotopic (exact) mass is 268 g/mol. The molecule has 0 spiro atoms. The molecular weight excluding hydrogens is 244 g/mol. The molecule has 20 heavy (non-hydrogen) atoms. The van der Waals surface area contributed by atoms with Crippen LogP contribution in [-0.2, 0) is 5.41 Å². The standard InChI is InChI=1S/C19H24O/c1-5-19(4,14(2)3)17-10-6-15(7-11-17)16-8-12-18(20)13-9-16/h6-14,20H,5H2,1-4H3. The fourth-order valence-electron chi connectivity index (χ4n) is 2.64. The van der Waals surface area contributed by atoms with Crippen LogP contribution in [0.15, 0.2) is 48.5 Å². The highest BCUT2D eigenvalue weighted by Gasteiger charge is 2.28. The first-order valence-electron chi connectivity index (χ1n) is 7.37. The van der Waals surface area contributed by atoms with E-state index in [9.17, 15) is 5.11 Å². The molecule has 0 radical (unpaired) electrons. The van der Waals surface area contributed by atoms with Gasteiger partial charge in [-0.2, -0.15) is 0 Å². The molecule has 0 saturated carbocycles. The molecule has 0 heterocycles. The highest BCUT2D eigenvalue weighted by Crippen LogP contribution is 2.36. The second-order valence-corrected chi connectivity index (χ2v) is 6.05. The van der Waals surface area contributed by atoms with E-state index >= 15 is 0 Å². The lowest BCUT2D eigenvalue weighted by atomic mass is 9.71. The Labute approximate surface area is 122 Å². The third-order valence-corrected chi connectivity index (χ3v) is 4.75. The summed E-state index contributed by atoms with van der Waals surface area (Å²) in [6.45, 7) is 9.18. The SMILES string of the molecule is CCC(C)(c1ccc(-c2ccc(O)cc2)cc1)C(C)C. The molecule has 0 fully saturated rings. The van der Waals surface area contributed by atoms with Crippen LogP contribution >= 0.6 is 0 Å². The molecule has 1 atom stereocenters. The highest BCUT2D eigenvalue weighted by molar-refractivity contribution is 5.64. The van der Waals surface area contributed by atoms with E-state index in [1.807, 2.05) is 12.1 Å². The summed E-state index contributed by atoms with van der Waals surface area (Å²) in [5, 5.41) is 9.35. The first kappa shape index (κ1) is 14.6. The lowest BCUT2D eigenvalue weighted by molar-refractivity contribution is 0.326. The van der Waals surface area contributed by atoms with Crippen molar-refractivity contribution < 1.29 is 5.11 Å². The van der Waals surface area contributed by atoms with Crippen LogP contribution in [0.25, 0.3) is 11.1 Å². The summed E-state index contributed by atoms with van der Waals surface area (Å²) in [4.78, 5) is 0. The Morgan fingerprint density at radius 2 is 1.35 bits per heavy atom. The minimum atomic E-state index is 0.230. The molecule has 1 heteroatoms. The largest absolute Gasteiger partial charge is 0.508 e. The predicted octanol–water partition coefficient (Wildman–Crippen LogP) is 5.38. The van der Waals surface area contributed by atoms with Crippen molar-refractivity contribution in [1.29, 1.82) is 0 Å². The third-order valence-electron chi connectivity index (χ3n) is 4.75. The topological polar surface area (TPSA) is 20.2 Å². The lowest BCUT2D eigenvalue weighted by Gasteiger charge is -2.33. The van der Waals surface area contributed by atoms with Gasteiger partial charge in [-0.25, -0.2) is 0 Å². The Hall–Kier alpha value is -1.76. The van der Waals surface area contributed by atoms with Crippen LogP contribution in [0.1, 0.15) is 39.7 Å². The van der Waals surface area contributed by atoms with E-state index in [4.69, 9.17) is 0 Å². The van der Waals surface area contributed by atoms with Gasteiger partial charge in [0.2, 0.25) is 0 Å². The van der Waals surface area contributed by atoms with Crippen LogP contribution in [0.5, 0.6) is 5.75 Å². The van der Waals surface area contributed by atoms with Crippen LogP contribution in [0, 0.1) is 5.92 Å². The highest BCUT2D eigenvalue weighted by atomic mass is 16.3. The van der Waals surface area contributed by atoms with E-state index in [1.165, 1.54) is 11.1 Å². The molecular formula is C19H24O. The van der Waals surface area contributed by atoms with E-state index in [-0.39, 0.29) is 5.41 Å². The van der Waals surface area contributed by atoms with Gasteiger partial charge in [0.25, 0.3) is 0 Å². The van der Waals surface area contributed by atoms with E-state index in [1.54, 1.807) is 12.1 Å². The van der Waals surface area contributed by atoms with Crippen molar-refractivity contribution in [3.05, 3.63) is 54.1 Å². The third kappa shape index (κ3) is 2.72. The second-order valence-electron chi connectivity index (χ2n) is 6.05. The minimum absolute atomic E-state index is 0.230. The van der Waals surface area contributed by atoms with Gasteiger partial charge in [0.05, 0.1) is 0 Å². The molecule has 2 aromatic carbocycles. The molecule has 0 aliphatic carbocycles. The summed E-state index contributed by atoms with van der Waals surface area (Å²) in [6.07, 6.45) is 1.14. The maximum absolute atomic E-state index is 9.35. The van der Waals surface area contributed by atoms with E-state index in [0.29, 0.717) is 11.7 Å². The molecule has 1 unspecified atom stereocenters. The zero-order chi connectivity index (χ0) is 14.8. The van der Waals surface area contributed by atoms with Crippen molar-refractivity contribution in [2.75, 3.05) is 0 Å². The Morgan fingerprint density at radius 1 is 0.900 bits per heavy atom. The maximum atomic E-state index is 9.35. The molecule has 0 bridgehead atoms. The molecule has 106 valence electrons. The Kier molecular flexibility index (Phi) is 4.17. The molecule has 0 amide bonds. The first-order valence-corrected chi connectivity index (χ1v) is 7.37. The minimum Gasteiger partial charge on any atom is -0.508 e. The molecule has 0 saturated heterocycles. The van der Waals surface area contributed by atoms with Gasteiger partial charge >= 0.3 is 0 Å². The Bertz CT molecular complexity index is 551. The number of aromatic hydroxyl groups is 1. The van der Waals surface area contributed by atoms with Crippen molar-refractivity contribution in [2.45, 2.75) is 39.5 Å². The summed E-state index contributed by atoms with van der Waals surface area (Å²) < 4.78 is 0. The van der Waals surface area contributed by atoms with Gasteiger partial charge in [-0.15, -0.1) is 0 Å². The summed E-state index contributed by atoms with van der Waals surface area (Å²) in [5.74, 6) is 0.927. The smallest absolute Gasteiger partial charge is 0.115 e. The normalized spacial score (nSPS) is 14.2. The first-order chi connectivity index (χ1) is 9.47. The number of rotatable bonds is 4. The van der Waals surface area contributed by atoms with E-state index in [2.05, 4.69) is 52.0 Å². The fraction of sp³-hybridized carbons (Fsp3) is 0.368. The van der Waals surface area contributed by atoms with E-state index < -0.39 is 0 Å². The quantitative estimate of drug-likeness (QED) is 0.789. The van der Waals surface area contributed by atoms with Gasteiger partial charge in [-0.1, -0.05) is 64.1 Å². The van der Waals surface area contributed by atoms with Crippen molar-refractivity contribution in [3.8, 4) is 16.9 Å². The number of hydrogen-bond acceptors (Lipinski definition) is 1. The number of phenolic OH excluding ortho intramolecular Hbond substituents is 1. The van der Waals surface area contributed by atoms with Crippen molar-refractivity contribution in [1.82, 2.24) is 0 Å². The average molecular weight is 268 g/mol. The molecule has 0 aliphatic rings. The van der Waals surface area contributed by atoms with Gasteiger partial charge in [-0.3, -0.25) is 0 Å². The molecule has 0 aliphatic heterocycles. The summed E-state index contributed by atoms with van der Waals surface area (Å²) >= 11 is 0. The van der Waals surface area contributed by atoms with Gasteiger partial charge in [0.15, 0.2) is 0 Å². The summed E-state index contributed by atoms with van der Waals surface area (Å²) in [7, 11) is 0. The molecule has 0 aromatic heterocycles. The lowest BCUT2D eigenvalue weighted by Crippen LogP contribution is -2.27. The van der Waals surface area contributed by atoms with Crippen LogP contribution < -0.4 is 0 Å². The number of benzene rings is 2. The van der Waals surface area contributed by atoms with Gasteiger partial charge in [0, 0.05) is 0 Å². The van der Waals surface area contributed by atoms with Crippen molar-refractivity contribution in [2.24, 2.45) is 5.92 Å². The average Bonchev–Trinajstić information content (AvgIpc) is 2.47. The van der Waals surface area contributed by atoms with Crippen LogP contribution in [0.4, 0.5) is 0 Å². The summed E-state index contributed by atoms with van der Waals surface area (Å²) in [5.41, 5.74) is 3.96. The van der Waals surface area contributed by atoms with E-state index in [0.717, 1.165) is 12.0 Å². The molecule has 2 aromatic rings.